The molecule has 15 heavy (non-hydrogen) atoms. The van der Waals surface area contributed by atoms with E-state index in [1.54, 1.807) is 7.11 Å². The van der Waals surface area contributed by atoms with E-state index in [0.29, 0.717) is 6.04 Å². The largest absolute Gasteiger partial charge is 0.397 e. The number of hydrogen-bond donors (Lipinski definition) is 1. The number of hydrogen-bond acceptors (Lipinski definition) is 3. The summed E-state index contributed by atoms with van der Waals surface area (Å²) in [6, 6.07) is 8.72. The van der Waals surface area contributed by atoms with Gasteiger partial charge < -0.3 is 15.4 Å². The summed E-state index contributed by atoms with van der Waals surface area (Å²) in [4.78, 5) is 2.36. The van der Waals surface area contributed by atoms with E-state index in [4.69, 9.17) is 10.5 Å². The molecule has 1 fully saturated rings. The predicted octanol–water partition coefficient (Wildman–Crippen LogP) is 1.88. The van der Waals surface area contributed by atoms with Crippen molar-refractivity contribution < 1.29 is 4.74 Å². The van der Waals surface area contributed by atoms with Gasteiger partial charge in [0, 0.05) is 19.7 Å². The summed E-state index contributed by atoms with van der Waals surface area (Å²) in [5.74, 6) is 0. The summed E-state index contributed by atoms with van der Waals surface area (Å²) in [6.07, 6.45) is 2.55. The lowest BCUT2D eigenvalue weighted by Crippen LogP contribution is -2.30. The van der Waals surface area contributed by atoms with E-state index in [1.807, 2.05) is 18.2 Å². The molecular weight excluding hydrogens is 188 g/mol. The molecule has 1 aromatic rings. The lowest BCUT2D eigenvalue weighted by atomic mass is 10.2. The zero-order valence-electron chi connectivity index (χ0n) is 9.15. The molecule has 0 saturated heterocycles. The van der Waals surface area contributed by atoms with Gasteiger partial charge in [0.1, 0.15) is 0 Å². The van der Waals surface area contributed by atoms with Crippen molar-refractivity contribution in [3.8, 4) is 0 Å². The van der Waals surface area contributed by atoms with Crippen LogP contribution in [0.25, 0.3) is 0 Å². The first-order valence-electron chi connectivity index (χ1n) is 5.43. The molecule has 0 heterocycles. The van der Waals surface area contributed by atoms with Gasteiger partial charge in [-0.3, -0.25) is 0 Å². The molecule has 0 radical (unpaired) electrons. The van der Waals surface area contributed by atoms with Gasteiger partial charge in [-0.2, -0.15) is 0 Å². The summed E-state index contributed by atoms with van der Waals surface area (Å²) in [5.41, 5.74) is 7.99. The van der Waals surface area contributed by atoms with Crippen LogP contribution in [0.2, 0.25) is 0 Å². The van der Waals surface area contributed by atoms with E-state index in [-0.39, 0.29) is 0 Å². The Morgan fingerprint density at radius 1 is 1.40 bits per heavy atom. The second kappa shape index (κ2) is 4.53. The second-order valence-corrected chi connectivity index (χ2v) is 3.98. The molecule has 1 aliphatic carbocycles. The predicted molar refractivity (Wildman–Crippen MR) is 63.1 cm³/mol. The smallest absolute Gasteiger partial charge is 0.0637 e. The van der Waals surface area contributed by atoms with Crippen molar-refractivity contribution in [3.05, 3.63) is 24.3 Å². The van der Waals surface area contributed by atoms with Gasteiger partial charge in [-0.25, -0.2) is 0 Å². The molecule has 0 amide bonds. The summed E-state index contributed by atoms with van der Waals surface area (Å²) < 4.78 is 5.13. The molecule has 1 aliphatic rings. The molecule has 1 saturated carbocycles. The Balaban J connectivity index is 2.13. The first-order chi connectivity index (χ1) is 7.33. The molecular formula is C12H18N2O. The molecule has 2 N–H and O–H groups in total. The van der Waals surface area contributed by atoms with E-state index >= 15 is 0 Å². The van der Waals surface area contributed by atoms with Crippen LogP contribution in [0.15, 0.2) is 24.3 Å². The molecule has 82 valence electrons. The standard InChI is InChI=1S/C12H18N2O/c1-15-9-8-14(10-6-7-10)12-5-3-2-4-11(12)13/h2-5,10H,6-9,13H2,1H3. The summed E-state index contributed by atoms with van der Waals surface area (Å²) in [7, 11) is 1.74. The molecule has 0 aliphatic heterocycles. The van der Waals surface area contributed by atoms with Gasteiger partial charge in [-0.05, 0) is 25.0 Å². The summed E-state index contributed by atoms with van der Waals surface area (Å²) in [5, 5.41) is 0. The van der Waals surface area contributed by atoms with Crippen molar-refractivity contribution in [1.82, 2.24) is 0 Å². The van der Waals surface area contributed by atoms with Crippen molar-refractivity contribution >= 4 is 11.4 Å². The number of rotatable bonds is 5. The Bertz CT molecular complexity index is 323. The number of nitrogens with two attached hydrogens (primary N) is 1. The van der Waals surface area contributed by atoms with Gasteiger partial charge >= 0.3 is 0 Å². The van der Waals surface area contributed by atoms with Gasteiger partial charge in [-0.15, -0.1) is 0 Å². The normalized spacial score (nSPS) is 15.3. The van der Waals surface area contributed by atoms with Gasteiger partial charge in [-0.1, -0.05) is 12.1 Å². The van der Waals surface area contributed by atoms with Crippen molar-refractivity contribution in [2.75, 3.05) is 30.9 Å². The maximum atomic E-state index is 5.98. The van der Waals surface area contributed by atoms with E-state index in [9.17, 15) is 0 Å². The van der Waals surface area contributed by atoms with Crippen molar-refractivity contribution in [1.29, 1.82) is 0 Å². The molecule has 0 bridgehead atoms. The van der Waals surface area contributed by atoms with Crippen LogP contribution in [0, 0.1) is 0 Å². The highest BCUT2D eigenvalue weighted by Gasteiger charge is 2.29. The van der Waals surface area contributed by atoms with Crippen LogP contribution >= 0.6 is 0 Å². The molecule has 3 heteroatoms. The van der Waals surface area contributed by atoms with Gasteiger partial charge in [0.2, 0.25) is 0 Å². The molecule has 0 unspecified atom stereocenters. The van der Waals surface area contributed by atoms with Crippen molar-refractivity contribution in [2.45, 2.75) is 18.9 Å². The molecule has 0 aromatic heterocycles. The fourth-order valence-corrected chi connectivity index (χ4v) is 1.82. The zero-order valence-corrected chi connectivity index (χ0v) is 9.15. The monoisotopic (exact) mass is 206 g/mol. The zero-order chi connectivity index (χ0) is 10.7. The van der Waals surface area contributed by atoms with Crippen LogP contribution < -0.4 is 10.6 Å². The molecule has 3 nitrogen and oxygen atoms in total. The number of anilines is 2. The Labute approximate surface area is 90.8 Å². The van der Waals surface area contributed by atoms with E-state index in [2.05, 4.69) is 11.0 Å². The number of ether oxygens (including phenoxy) is 1. The highest BCUT2D eigenvalue weighted by Crippen LogP contribution is 2.34. The lowest BCUT2D eigenvalue weighted by Gasteiger charge is -2.25. The summed E-state index contributed by atoms with van der Waals surface area (Å²) >= 11 is 0. The van der Waals surface area contributed by atoms with Crippen LogP contribution in [0.3, 0.4) is 0 Å². The van der Waals surface area contributed by atoms with E-state index in [0.717, 1.165) is 24.5 Å². The third-order valence-electron chi connectivity index (χ3n) is 2.77. The second-order valence-electron chi connectivity index (χ2n) is 3.98. The maximum Gasteiger partial charge on any atom is 0.0637 e. The van der Waals surface area contributed by atoms with Crippen LogP contribution in [0.1, 0.15) is 12.8 Å². The highest BCUT2D eigenvalue weighted by molar-refractivity contribution is 5.68. The molecule has 1 aromatic carbocycles. The molecule has 0 spiro atoms. The molecule has 0 atom stereocenters. The minimum atomic E-state index is 0.671. The average Bonchev–Trinajstić information content (AvgIpc) is 3.05. The SMILES string of the molecule is COCCN(c1ccccc1N)C1CC1. The molecule has 2 rings (SSSR count). The third kappa shape index (κ3) is 2.42. The van der Waals surface area contributed by atoms with Crippen molar-refractivity contribution in [2.24, 2.45) is 0 Å². The van der Waals surface area contributed by atoms with Crippen LogP contribution in [0.5, 0.6) is 0 Å². The van der Waals surface area contributed by atoms with Crippen molar-refractivity contribution in [3.63, 3.8) is 0 Å². The Kier molecular flexibility index (Phi) is 3.11. The van der Waals surface area contributed by atoms with Gasteiger partial charge in [0.05, 0.1) is 18.0 Å². The minimum Gasteiger partial charge on any atom is -0.397 e. The lowest BCUT2D eigenvalue weighted by molar-refractivity contribution is 0.205. The van der Waals surface area contributed by atoms with E-state index in [1.165, 1.54) is 12.8 Å². The Morgan fingerprint density at radius 3 is 2.73 bits per heavy atom. The topological polar surface area (TPSA) is 38.5 Å². The van der Waals surface area contributed by atoms with Crippen LogP contribution in [0.4, 0.5) is 11.4 Å². The van der Waals surface area contributed by atoms with E-state index < -0.39 is 0 Å². The van der Waals surface area contributed by atoms with Gasteiger partial charge in [0.25, 0.3) is 0 Å². The van der Waals surface area contributed by atoms with Crippen LogP contribution in [-0.2, 0) is 4.74 Å². The fourth-order valence-electron chi connectivity index (χ4n) is 1.82. The Morgan fingerprint density at radius 2 is 2.13 bits per heavy atom. The van der Waals surface area contributed by atoms with Gasteiger partial charge in [0.15, 0.2) is 0 Å². The fraction of sp³-hybridized carbons (Fsp3) is 0.500. The maximum absolute atomic E-state index is 5.98. The number of nitrogen functional groups attached to an aromatic ring is 1. The first-order valence-corrected chi connectivity index (χ1v) is 5.43. The Hall–Kier alpha value is -1.22. The summed E-state index contributed by atoms with van der Waals surface area (Å²) in [6.45, 7) is 1.68. The number of benzene rings is 1. The van der Waals surface area contributed by atoms with Crippen LogP contribution in [-0.4, -0.2) is 26.3 Å². The third-order valence-corrected chi connectivity index (χ3v) is 2.77. The minimum absolute atomic E-state index is 0.671. The number of nitrogens with zero attached hydrogens (tertiary/aromatic N) is 1. The number of para-hydroxylation sites is 2. The average molecular weight is 206 g/mol. The highest BCUT2D eigenvalue weighted by atomic mass is 16.5. The quantitative estimate of drug-likeness (QED) is 0.748. The number of methoxy groups -OCH3 is 1. The first kappa shape index (κ1) is 10.3.